The van der Waals surface area contributed by atoms with Gasteiger partial charge >= 0.3 is 11.8 Å². The van der Waals surface area contributed by atoms with Crippen molar-refractivity contribution < 1.29 is 37.5 Å². The molecule has 1 fully saturated rings. The number of H-pyrrole nitrogens is 1. The van der Waals surface area contributed by atoms with Crippen LogP contribution in [-0.2, 0) is 35.4 Å². The zero-order valence-corrected chi connectivity index (χ0v) is 46.7. The van der Waals surface area contributed by atoms with E-state index in [1.807, 2.05) is 135 Å². The number of nitrogens with one attached hydrogen (secondary N) is 2. The first-order valence-corrected chi connectivity index (χ1v) is 27.9. The van der Waals surface area contributed by atoms with Gasteiger partial charge in [0.05, 0.1) is 39.9 Å². The lowest BCUT2D eigenvalue weighted by molar-refractivity contribution is -0.0948. The summed E-state index contributed by atoms with van der Waals surface area (Å²) in [6.45, 7) is 7.89. The second-order valence-corrected chi connectivity index (χ2v) is 21.6. The molecule has 0 radical (unpaired) electrons. The zero-order valence-electron chi connectivity index (χ0n) is 45.8. The second kappa shape index (κ2) is 25.0. The highest BCUT2D eigenvalue weighted by molar-refractivity contribution is 7.44. The van der Waals surface area contributed by atoms with Crippen LogP contribution >= 0.6 is 8.53 Å². The molecule has 2 N–H and O–H groups in total. The van der Waals surface area contributed by atoms with Gasteiger partial charge in [-0.05, 0) is 125 Å². The predicted molar refractivity (Wildman–Crippen MR) is 313 cm³/mol. The molecule has 0 saturated carbocycles. The lowest BCUT2D eigenvalue weighted by Crippen LogP contribution is -2.45. The quantitative estimate of drug-likeness (QED) is 0.0243. The summed E-state index contributed by atoms with van der Waals surface area (Å²) in [6, 6.07) is 54.6. The molecule has 2 unspecified atom stereocenters. The van der Waals surface area contributed by atoms with Crippen molar-refractivity contribution in [3.8, 4) is 29.4 Å². The second-order valence-electron chi connectivity index (χ2n) is 20.2. The molecule has 0 bridgehead atoms. The van der Waals surface area contributed by atoms with Gasteiger partial charge in [0.1, 0.15) is 29.3 Å². The fraction of sp³-hybridized carbons (Fsp3) is 0.262. The number of carbonyl (C=O) groups is 1. The van der Waals surface area contributed by atoms with Crippen molar-refractivity contribution in [2.45, 2.75) is 82.9 Å². The van der Waals surface area contributed by atoms with Crippen LogP contribution in [0.2, 0.25) is 0 Å². The average Bonchev–Trinajstić information content (AvgIpc) is 3.88. The van der Waals surface area contributed by atoms with Gasteiger partial charge in [0, 0.05) is 42.0 Å². The molecule has 9 aromatic rings. The van der Waals surface area contributed by atoms with Gasteiger partial charge in [-0.25, -0.2) is 14.3 Å². The maximum atomic E-state index is 14.5. The van der Waals surface area contributed by atoms with Gasteiger partial charge in [-0.1, -0.05) is 127 Å². The molecular formula is C65H62N5O10P. The Morgan fingerprint density at radius 1 is 0.741 bits per heavy atom. The van der Waals surface area contributed by atoms with Crippen LogP contribution in [0, 0.1) is 23.2 Å². The first-order valence-electron chi connectivity index (χ1n) is 26.8. The van der Waals surface area contributed by atoms with E-state index in [0.717, 1.165) is 48.7 Å². The van der Waals surface area contributed by atoms with E-state index < -0.39 is 56.0 Å². The van der Waals surface area contributed by atoms with E-state index in [2.05, 4.69) is 82.8 Å². The summed E-state index contributed by atoms with van der Waals surface area (Å²) in [6.07, 6.45) is -4.52. The fourth-order valence-electron chi connectivity index (χ4n) is 10.7. The number of hydrogen-bond donors (Lipinski definition) is 2. The molecule has 15 nitrogen and oxygen atoms in total. The number of ether oxygens (including phenoxy) is 5. The number of methoxy groups -OCH3 is 2. The number of amides is 1. The van der Waals surface area contributed by atoms with Gasteiger partial charge in [-0.15, -0.1) is 0 Å². The molecule has 1 aliphatic heterocycles. The number of nitrogens with zero attached hydrogens (tertiary/aromatic N) is 3. The number of aromatic amines is 1. The molecule has 81 heavy (non-hydrogen) atoms. The SMILES string of the molecule is COc1ccc(C(OCC2O[C@@H](n3ccc(=O)[nH]c3=O)[C@@H](OC(=O)NCc3cccc(C#Cc4ccc5ccc6cccc7ccc4c5c67)c3)[C@@H]2OP(OCCC#N)N(C(C)C)C(C)C)(c2ccccc2)c2ccc(OC)cc2)cc1. The monoisotopic (exact) mass is 1100 g/mol. The van der Waals surface area contributed by atoms with Crippen molar-refractivity contribution in [3.63, 3.8) is 0 Å². The topological polar surface area (TPSA) is 176 Å². The van der Waals surface area contributed by atoms with Gasteiger partial charge in [0.15, 0.2) is 12.3 Å². The van der Waals surface area contributed by atoms with Crippen LogP contribution < -0.4 is 26.0 Å². The molecule has 0 spiro atoms. The first-order chi connectivity index (χ1) is 39.4. The smallest absolute Gasteiger partial charge is 0.407 e. The zero-order chi connectivity index (χ0) is 56.6. The minimum absolute atomic E-state index is 0.0374. The Kier molecular flexibility index (Phi) is 17.2. The van der Waals surface area contributed by atoms with Crippen LogP contribution in [0.4, 0.5) is 4.79 Å². The highest BCUT2D eigenvalue weighted by atomic mass is 31.2. The van der Waals surface area contributed by atoms with Gasteiger partial charge in [-0.2, -0.15) is 5.26 Å². The number of alkyl carbamates (subject to hydrolysis) is 1. The third-order valence-corrected chi connectivity index (χ3v) is 16.5. The number of nitriles is 1. The summed E-state index contributed by atoms with van der Waals surface area (Å²) < 4.78 is 48.7. The Bertz CT molecular complexity index is 3800. The van der Waals surface area contributed by atoms with Gasteiger partial charge in [-0.3, -0.25) is 14.3 Å². The van der Waals surface area contributed by atoms with E-state index >= 15 is 0 Å². The number of benzene rings is 8. The van der Waals surface area contributed by atoms with Crippen LogP contribution in [0.5, 0.6) is 11.5 Å². The Morgan fingerprint density at radius 3 is 2.01 bits per heavy atom. The van der Waals surface area contributed by atoms with Crippen molar-refractivity contribution in [1.29, 1.82) is 5.26 Å². The van der Waals surface area contributed by atoms with E-state index in [-0.39, 0.29) is 38.3 Å². The summed E-state index contributed by atoms with van der Waals surface area (Å²) in [5, 5.41) is 19.5. The van der Waals surface area contributed by atoms with Crippen LogP contribution in [0.15, 0.2) is 180 Å². The predicted octanol–water partition coefficient (Wildman–Crippen LogP) is 11.7. The van der Waals surface area contributed by atoms with E-state index in [4.69, 9.17) is 32.7 Å². The maximum absolute atomic E-state index is 14.5. The number of aromatic nitrogens is 2. The minimum atomic E-state index is -2.03. The van der Waals surface area contributed by atoms with Crippen molar-refractivity contribution in [2.24, 2.45) is 0 Å². The Labute approximate surface area is 471 Å². The average molecular weight is 1100 g/mol. The van der Waals surface area contributed by atoms with Gasteiger partial charge < -0.3 is 38.0 Å². The molecule has 5 atom stereocenters. The van der Waals surface area contributed by atoms with Gasteiger partial charge in [0.25, 0.3) is 14.1 Å². The molecular weight excluding hydrogens is 1040 g/mol. The summed E-state index contributed by atoms with van der Waals surface area (Å²) in [4.78, 5) is 43.3. The first kappa shape index (κ1) is 55.9. The molecule has 1 saturated heterocycles. The van der Waals surface area contributed by atoms with E-state index in [1.165, 1.54) is 33.8 Å². The van der Waals surface area contributed by atoms with E-state index in [9.17, 15) is 19.6 Å². The van der Waals surface area contributed by atoms with E-state index in [1.54, 1.807) is 14.2 Å². The molecule has 1 aliphatic rings. The lowest BCUT2D eigenvalue weighted by atomic mass is 9.80. The van der Waals surface area contributed by atoms with Crippen LogP contribution in [0.25, 0.3) is 32.3 Å². The van der Waals surface area contributed by atoms with Gasteiger partial charge in [0.2, 0.25) is 0 Å². The Hall–Kier alpha value is -8.37. The summed E-state index contributed by atoms with van der Waals surface area (Å²) in [5.41, 5.74) is 1.87. The van der Waals surface area contributed by atoms with Crippen LogP contribution in [-0.4, -0.2) is 78.1 Å². The fourth-order valence-corrected chi connectivity index (χ4v) is 12.5. The third-order valence-electron chi connectivity index (χ3n) is 14.4. The lowest BCUT2D eigenvalue weighted by Gasteiger charge is -2.39. The molecule has 0 aliphatic carbocycles. The van der Waals surface area contributed by atoms with Crippen LogP contribution in [0.1, 0.15) is 73.7 Å². The standard InChI is InChI=1S/C65H62N5O10P/c1-42(2)70(43(3)4)81(77-38-12-36-66)80-60-56(41-76-65(50-17-8-7-9-18-50,51-26-30-53(74-5)31-27-51)52-28-32-54(75-6)33-29-52)78-62(69-37-35-57(71)68-63(69)72)61(60)79-64(73)67-40-45-14-10-13-44(39-45)19-20-46-21-22-49-24-23-47-15-11-16-48-25-34-55(46)59(49)58(47)48/h7-11,13-18,21-35,37,39,42-43,56,60-62H,12,38,40-41H2,1-6H3,(H,67,73)(H,68,71,72)/t56?,60-,61+,62-,81?/m1/s1. The number of rotatable bonds is 20. The molecule has 2 heterocycles. The highest BCUT2D eigenvalue weighted by Gasteiger charge is 2.53. The summed E-state index contributed by atoms with van der Waals surface area (Å²) >= 11 is 0. The molecule has 10 rings (SSSR count). The minimum Gasteiger partial charge on any atom is -0.497 e. The Balaban J connectivity index is 1.00. The summed E-state index contributed by atoms with van der Waals surface area (Å²) in [5.74, 6) is 8.04. The summed E-state index contributed by atoms with van der Waals surface area (Å²) in [7, 11) is 1.17. The highest BCUT2D eigenvalue weighted by Crippen LogP contribution is 2.51. The normalized spacial score (nSPS) is 16.6. The third kappa shape index (κ3) is 11.9. The van der Waals surface area contributed by atoms with Crippen LogP contribution in [0.3, 0.4) is 0 Å². The number of carbonyl (C=O) groups excluding carboxylic acids is 1. The van der Waals surface area contributed by atoms with Crippen molar-refractivity contribution in [2.75, 3.05) is 27.4 Å². The van der Waals surface area contributed by atoms with Crippen molar-refractivity contribution in [3.05, 3.63) is 224 Å². The van der Waals surface area contributed by atoms with Crippen molar-refractivity contribution in [1.82, 2.24) is 19.5 Å². The molecule has 16 heteroatoms. The van der Waals surface area contributed by atoms with E-state index in [0.29, 0.717) is 11.5 Å². The van der Waals surface area contributed by atoms with Crippen molar-refractivity contribution >= 4 is 46.9 Å². The Morgan fingerprint density at radius 2 is 1.37 bits per heavy atom. The largest absolute Gasteiger partial charge is 0.497 e. The molecule has 1 amide bonds. The molecule has 1 aromatic heterocycles. The molecule has 412 valence electrons. The maximum Gasteiger partial charge on any atom is 0.407 e. The molecule has 8 aromatic carbocycles. The number of hydrogen-bond acceptors (Lipinski definition) is 12.